The highest BCUT2D eigenvalue weighted by Gasteiger charge is 2.29. The predicted molar refractivity (Wildman–Crippen MR) is 77.0 cm³/mol. The second kappa shape index (κ2) is 9.30. The van der Waals surface area contributed by atoms with Gasteiger partial charge in [-0.1, -0.05) is 23.9 Å². The molecule has 1 aromatic carbocycles. The van der Waals surface area contributed by atoms with Crippen LogP contribution in [0.1, 0.15) is 6.42 Å². The van der Waals surface area contributed by atoms with Crippen molar-refractivity contribution in [3.8, 4) is 0 Å². The first kappa shape index (κ1) is 20.0. The Morgan fingerprint density at radius 2 is 1.88 bits per heavy atom. The van der Waals surface area contributed by atoms with Gasteiger partial charge in [-0.15, -0.1) is 0 Å². The van der Waals surface area contributed by atoms with E-state index < -0.39 is 30.5 Å². The minimum atomic E-state index is -4.64. The lowest BCUT2D eigenvalue weighted by Crippen LogP contribution is -2.31. The fourth-order valence-electron chi connectivity index (χ4n) is 1.46. The number of alkyl carbamates (subject to hydrolysis) is 1. The molecule has 2 amide bonds. The van der Waals surface area contributed by atoms with Crippen LogP contribution in [-0.2, 0) is 9.53 Å². The van der Waals surface area contributed by atoms with Crippen LogP contribution in [-0.4, -0.2) is 37.1 Å². The molecule has 11 heteroatoms. The number of rotatable bonds is 7. The number of anilines is 1. The Hall–Kier alpha value is -2.04. The van der Waals surface area contributed by atoms with E-state index in [1.165, 1.54) is 24.3 Å². The monoisotopic (exact) mass is 372 g/mol. The first-order valence-electron chi connectivity index (χ1n) is 6.48. The van der Waals surface area contributed by atoms with Crippen molar-refractivity contribution >= 4 is 29.4 Å². The van der Waals surface area contributed by atoms with Crippen LogP contribution in [0.5, 0.6) is 0 Å². The molecule has 0 atom stereocenters. The van der Waals surface area contributed by atoms with Crippen LogP contribution in [0.15, 0.2) is 29.2 Å². The maximum Gasteiger partial charge on any atom is 0.422 e. The van der Waals surface area contributed by atoms with E-state index in [1.807, 2.05) is 5.32 Å². The smallest absolute Gasteiger partial charge is 0.422 e. The zero-order valence-electron chi connectivity index (χ0n) is 12.0. The van der Waals surface area contributed by atoms with Crippen LogP contribution in [0.4, 0.5) is 32.4 Å². The third-order valence-electron chi connectivity index (χ3n) is 2.37. The molecular formula is C13H13F5N2O3S. The van der Waals surface area contributed by atoms with Crippen LogP contribution in [0.2, 0.25) is 0 Å². The molecule has 2 N–H and O–H groups in total. The quantitative estimate of drug-likeness (QED) is 0.567. The Balaban J connectivity index is 2.38. The van der Waals surface area contributed by atoms with E-state index >= 15 is 0 Å². The Morgan fingerprint density at radius 3 is 2.50 bits per heavy atom. The van der Waals surface area contributed by atoms with E-state index in [0.29, 0.717) is 0 Å². The fraction of sp³-hybridized carbons (Fsp3) is 0.385. The van der Waals surface area contributed by atoms with E-state index in [0.717, 1.165) is 0 Å². The number of hydrogen-bond acceptors (Lipinski definition) is 4. The first-order valence-corrected chi connectivity index (χ1v) is 7.36. The molecule has 0 heterocycles. The molecule has 1 aromatic rings. The van der Waals surface area contributed by atoms with Crippen LogP contribution < -0.4 is 10.6 Å². The summed E-state index contributed by atoms with van der Waals surface area (Å²) in [7, 11) is 0. The Morgan fingerprint density at radius 1 is 1.21 bits per heavy atom. The van der Waals surface area contributed by atoms with Crippen molar-refractivity contribution in [3.05, 3.63) is 24.3 Å². The van der Waals surface area contributed by atoms with Crippen molar-refractivity contribution in [1.82, 2.24) is 5.32 Å². The Kier molecular flexibility index (Phi) is 7.75. The molecule has 0 bridgehead atoms. The predicted octanol–water partition coefficient (Wildman–Crippen LogP) is 3.62. The van der Waals surface area contributed by atoms with Crippen molar-refractivity contribution in [1.29, 1.82) is 0 Å². The lowest BCUT2D eigenvalue weighted by Gasteiger charge is -2.11. The maximum absolute atomic E-state index is 12.4. The minimum Gasteiger partial charge on any atom is -0.440 e. The second-order valence-electron chi connectivity index (χ2n) is 4.29. The molecule has 0 spiro atoms. The van der Waals surface area contributed by atoms with Gasteiger partial charge in [0, 0.05) is 17.9 Å². The molecule has 134 valence electrons. The lowest BCUT2D eigenvalue weighted by molar-refractivity contribution is -0.160. The average Bonchev–Trinajstić information content (AvgIpc) is 2.46. The molecule has 0 aliphatic rings. The largest absolute Gasteiger partial charge is 0.440 e. The third-order valence-corrected chi connectivity index (χ3v) is 3.15. The van der Waals surface area contributed by atoms with Crippen molar-refractivity contribution in [2.45, 2.75) is 23.3 Å². The summed E-state index contributed by atoms with van der Waals surface area (Å²) in [5.41, 5.74) is 0.174. The Bertz CT molecular complexity index is 569. The number of carbonyl (C=O) groups excluding carboxylic acids is 2. The molecule has 0 fully saturated rings. The van der Waals surface area contributed by atoms with E-state index in [9.17, 15) is 31.5 Å². The van der Waals surface area contributed by atoms with Gasteiger partial charge < -0.3 is 15.4 Å². The minimum absolute atomic E-state index is 0.165. The lowest BCUT2D eigenvalue weighted by atomic mass is 10.3. The molecule has 0 aliphatic carbocycles. The molecular weight excluding hydrogens is 359 g/mol. The van der Waals surface area contributed by atoms with E-state index in [1.54, 1.807) is 0 Å². The molecule has 0 unspecified atom stereocenters. The summed E-state index contributed by atoms with van der Waals surface area (Å²) in [6.45, 7) is -2.00. The molecule has 1 rings (SSSR count). The number of thioether (sulfide) groups is 1. The molecule has 0 saturated carbocycles. The highest BCUT2D eigenvalue weighted by atomic mass is 32.2. The SMILES string of the molecule is O=C(CCNC(=O)OCC(F)(F)F)Nc1ccccc1SC(F)F. The number of para-hydroxylation sites is 1. The van der Waals surface area contributed by atoms with Crippen molar-refractivity contribution < 1.29 is 36.3 Å². The van der Waals surface area contributed by atoms with Crippen molar-refractivity contribution in [2.75, 3.05) is 18.5 Å². The highest BCUT2D eigenvalue weighted by Crippen LogP contribution is 2.31. The van der Waals surface area contributed by atoms with E-state index in [2.05, 4.69) is 10.1 Å². The normalized spacial score (nSPS) is 11.2. The van der Waals surface area contributed by atoms with Gasteiger partial charge in [-0.3, -0.25) is 4.79 Å². The number of benzene rings is 1. The standard InChI is InChI=1S/C13H13F5N2O3S/c14-11(15)24-9-4-2-1-3-8(9)20-10(21)5-6-19-12(22)23-7-13(16,17)18/h1-4,11H,5-7H2,(H,19,22)(H,20,21). The van der Waals surface area contributed by atoms with Gasteiger partial charge in [-0.25, -0.2) is 4.79 Å². The van der Waals surface area contributed by atoms with E-state index in [-0.39, 0.29) is 35.3 Å². The molecule has 0 saturated heterocycles. The van der Waals surface area contributed by atoms with Gasteiger partial charge in [-0.2, -0.15) is 22.0 Å². The topological polar surface area (TPSA) is 67.4 Å². The average molecular weight is 372 g/mol. The first-order chi connectivity index (χ1) is 11.2. The summed E-state index contributed by atoms with van der Waals surface area (Å²) < 4.78 is 64.1. The molecule has 0 aliphatic heterocycles. The Labute approximate surface area is 137 Å². The van der Waals surface area contributed by atoms with Gasteiger partial charge in [0.2, 0.25) is 5.91 Å². The van der Waals surface area contributed by atoms with Gasteiger partial charge in [0.05, 0.1) is 5.69 Å². The number of carbonyl (C=O) groups is 2. The van der Waals surface area contributed by atoms with Crippen LogP contribution in [0, 0.1) is 0 Å². The zero-order chi connectivity index (χ0) is 18.2. The summed E-state index contributed by atoms with van der Waals surface area (Å²) >= 11 is 0.260. The summed E-state index contributed by atoms with van der Waals surface area (Å²) in [5, 5.41) is 4.35. The third kappa shape index (κ3) is 8.56. The zero-order valence-corrected chi connectivity index (χ0v) is 12.8. The molecule has 0 radical (unpaired) electrons. The summed E-state index contributed by atoms with van der Waals surface area (Å²) in [5.74, 6) is -3.26. The number of nitrogens with one attached hydrogen (secondary N) is 2. The maximum atomic E-state index is 12.4. The van der Waals surface area contributed by atoms with Gasteiger partial charge in [0.1, 0.15) is 0 Å². The van der Waals surface area contributed by atoms with E-state index in [4.69, 9.17) is 0 Å². The number of ether oxygens (including phenoxy) is 1. The molecule has 0 aromatic heterocycles. The van der Waals surface area contributed by atoms with Crippen molar-refractivity contribution in [2.24, 2.45) is 0 Å². The number of alkyl halides is 5. The number of hydrogen-bond donors (Lipinski definition) is 2. The van der Waals surface area contributed by atoms with Crippen LogP contribution >= 0.6 is 11.8 Å². The summed E-state index contributed by atoms with van der Waals surface area (Å²) in [4.78, 5) is 22.8. The summed E-state index contributed by atoms with van der Waals surface area (Å²) in [6, 6.07) is 5.89. The van der Waals surface area contributed by atoms with Crippen LogP contribution in [0.25, 0.3) is 0 Å². The van der Waals surface area contributed by atoms with Gasteiger partial charge >= 0.3 is 12.3 Å². The van der Waals surface area contributed by atoms with Gasteiger partial charge in [0.15, 0.2) is 6.61 Å². The number of halogens is 5. The molecule has 24 heavy (non-hydrogen) atoms. The second-order valence-corrected chi connectivity index (χ2v) is 5.32. The van der Waals surface area contributed by atoms with Gasteiger partial charge in [0.25, 0.3) is 5.76 Å². The molecule has 5 nitrogen and oxygen atoms in total. The van der Waals surface area contributed by atoms with Crippen LogP contribution in [0.3, 0.4) is 0 Å². The number of amides is 2. The summed E-state index contributed by atoms with van der Waals surface area (Å²) in [6.07, 6.45) is -6.22. The van der Waals surface area contributed by atoms with Crippen molar-refractivity contribution in [3.63, 3.8) is 0 Å². The van der Waals surface area contributed by atoms with Gasteiger partial charge in [-0.05, 0) is 12.1 Å². The fourth-order valence-corrected chi connectivity index (χ4v) is 2.05. The highest BCUT2D eigenvalue weighted by molar-refractivity contribution is 7.99.